The van der Waals surface area contributed by atoms with Crippen molar-refractivity contribution in [3.05, 3.63) is 0 Å². The van der Waals surface area contributed by atoms with Crippen LogP contribution in [0, 0.1) is 0 Å². The van der Waals surface area contributed by atoms with Gasteiger partial charge in [0.15, 0.2) is 0 Å². The first-order valence-electron chi connectivity index (χ1n) is 6.42. The molecule has 1 heterocycles. The zero-order valence-electron chi connectivity index (χ0n) is 9.93. The molecular formula is C12H21BINO. The fourth-order valence-corrected chi connectivity index (χ4v) is 4.32. The van der Waals surface area contributed by atoms with Crippen LogP contribution in [0.25, 0.3) is 0 Å². The monoisotopic (exact) mass is 333 g/mol. The zero-order valence-corrected chi connectivity index (χ0v) is 12.1. The molecule has 16 heavy (non-hydrogen) atoms. The summed E-state index contributed by atoms with van der Waals surface area (Å²) in [5, 5.41) is 3.23. The fourth-order valence-electron chi connectivity index (χ4n) is 3.14. The molecule has 0 amide bonds. The van der Waals surface area contributed by atoms with Gasteiger partial charge in [-0.15, -0.1) is 0 Å². The Balaban J connectivity index is 1.89. The number of halogens is 1. The minimum Gasteiger partial charge on any atom is -0.375 e. The molecular weight excluding hydrogens is 312 g/mol. The minimum absolute atomic E-state index is 0.238. The third-order valence-corrected chi connectivity index (χ3v) is 5.47. The van der Waals surface area contributed by atoms with Gasteiger partial charge >= 0.3 is 0 Å². The van der Waals surface area contributed by atoms with Crippen molar-refractivity contribution in [1.82, 2.24) is 5.32 Å². The van der Waals surface area contributed by atoms with Gasteiger partial charge in [0.2, 0.25) is 0 Å². The van der Waals surface area contributed by atoms with Crippen molar-refractivity contribution in [2.45, 2.75) is 54.0 Å². The van der Waals surface area contributed by atoms with Crippen LogP contribution in [0.2, 0.25) is 0 Å². The first kappa shape index (κ1) is 13.2. The summed E-state index contributed by atoms with van der Waals surface area (Å²) in [6.45, 7) is 1.99. The first-order chi connectivity index (χ1) is 7.68. The van der Waals surface area contributed by atoms with E-state index < -0.39 is 0 Å². The minimum atomic E-state index is 0.238. The van der Waals surface area contributed by atoms with E-state index in [1.165, 1.54) is 44.9 Å². The summed E-state index contributed by atoms with van der Waals surface area (Å²) < 4.78 is 6.51. The Kier molecular flexibility index (Phi) is 4.58. The van der Waals surface area contributed by atoms with Crippen LogP contribution in [0.5, 0.6) is 0 Å². The average molecular weight is 333 g/mol. The summed E-state index contributed by atoms with van der Waals surface area (Å²) in [4.78, 5) is 0. The molecule has 0 bridgehead atoms. The van der Waals surface area contributed by atoms with Gasteiger partial charge in [0.1, 0.15) is 0 Å². The topological polar surface area (TPSA) is 21.3 Å². The quantitative estimate of drug-likeness (QED) is 0.369. The second kappa shape index (κ2) is 5.57. The van der Waals surface area contributed by atoms with Crippen LogP contribution in [0.4, 0.5) is 0 Å². The SMILES string of the molecule is [B]CNCC[C@@]1(I)CCOC2(CCCC2)C1. The van der Waals surface area contributed by atoms with Crippen LogP contribution < -0.4 is 5.32 Å². The molecule has 1 saturated heterocycles. The van der Waals surface area contributed by atoms with E-state index in [0.29, 0.717) is 9.87 Å². The Morgan fingerprint density at radius 1 is 1.25 bits per heavy atom. The molecule has 2 aliphatic rings. The molecule has 0 aromatic heterocycles. The number of nitrogens with one attached hydrogen (secondary N) is 1. The molecule has 1 spiro atoms. The molecule has 2 nitrogen and oxygen atoms in total. The number of rotatable bonds is 4. The van der Waals surface area contributed by atoms with E-state index in [-0.39, 0.29) is 5.60 Å². The van der Waals surface area contributed by atoms with Gasteiger partial charge in [0.05, 0.1) is 13.4 Å². The van der Waals surface area contributed by atoms with Gasteiger partial charge < -0.3 is 10.1 Å². The van der Waals surface area contributed by atoms with E-state index in [1.54, 1.807) is 0 Å². The number of ether oxygens (including phenoxy) is 1. The molecule has 1 N–H and O–H groups in total. The average Bonchev–Trinajstić information content (AvgIpc) is 2.66. The highest BCUT2D eigenvalue weighted by Gasteiger charge is 2.45. The van der Waals surface area contributed by atoms with E-state index in [4.69, 9.17) is 12.6 Å². The van der Waals surface area contributed by atoms with Crippen molar-refractivity contribution in [2.75, 3.05) is 19.6 Å². The van der Waals surface area contributed by atoms with E-state index in [2.05, 4.69) is 27.9 Å². The maximum Gasteiger partial charge on any atom is 0.0859 e. The summed E-state index contributed by atoms with van der Waals surface area (Å²) >= 11 is 2.67. The summed E-state index contributed by atoms with van der Waals surface area (Å²) in [6.07, 6.45) is 9.52. The van der Waals surface area contributed by atoms with E-state index in [1.807, 2.05) is 0 Å². The Labute approximate surface area is 114 Å². The van der Waals surface area contributed by atoms with Crippen molar-refractivity contribution in [3.63, 3.8) is 0 Å². The Morgan fingerprint density at radius 2 is 2.00 bits per heavy atom. The predicted octanol–water partition coefficient (Wildman–Crippen LogP) is 2.39. The molecule has 2 radical (unpaired) electrons. The smallest absolute Gasteiger partial charge is 0.0859 e. The second-order valence-corrected chi connectivity index (χ2v) is 7.56. The van der Waals surface area contributed by atoms with Crippen LogP contribution in [0.15, 0.2) is 0 Å². The Hall–Kier alpha value is 0.715. The van der Waals surface area contributed by atoms with Gasteiger partial charge in [-0.25, -0.2) is 0 Å². The molecule has 4 heteroatoms. The molecule has 2 rings (SSSR count). The highest BCUT2D eigenvalue weighted by atomic mass is 127. The van der Waals surface area contributed by atoms with Gasteiger partial charge in [-0.05, 0) is 45.1 Å². The molecule has 2 fully saturated rings. The van der Waals surface area contributed by atoms with Crippen molar-refractivity contribution >= 4 is 30.4 Å². The lowest BCUT2D eigenvalue weighted by molar-refractivity contribution is -0.0831. The number of alkyl halides is 1. The van der Waals surface area contributed by atoms with E-state index in [9.17, 15) is 0 Å². The van der Waals surface area contributed by atoms with E-state index in [0.717, 1.165) is 13.2 Å². The normalized spacial score (nSPS) is 33.3. The Bertz CT molecular complexity index is 233. The number of hydrogen-bond donors (Lipinski definition) is 1. The molecule has 1 atom stereocenters. The number of hydrogen-bond acceptors (Lipinski definition) is 2. The molecule has 0 aromatic carbocycles. The van der Waals surface area contributed by atoms with Crippen LogP contribution in [-0.2, 0) is 4.74 Å². The summed E-state index contributed by atoms with van der Waals surface area (Å²) in [5.41, 5.74) is 0.238. The second-order valence-electron chi connectivity index (χ2n) is 5.27. The highest BCUT2D eigenvalue weighted by Crippen LogP contribution is 2.48. The lowest BCUT2D eigenvalue weighted by Gasteiger charge is -2.43. The predicted molar refractivity (Wildman–Crippen MR) is 76.4 cm³/mol. The lowest BCUT2D eigenvalue weighted by Crippen LogP contribution is -2.45. The first-order valence-corrected chi connectivity index (χ1v) is 7.50. The molecule has 1 aliphatic carbocycles. The summed E-state index contributed by atoms with van der Waals surface area (Å²) in [7, 11) is 5.46. The molecule has 1 aliphatic heterocycles. The van der Waals surface area contributed by atoms with Crippen LogP contribution in [0.1, 0.15) is 44.9 Å². The summed E-state index contributed by atoms with van der Waals surface area (Å²) in [6, 6.07) is 0. The molecule has 0 aromatic rings. The van der Waals surface area contributed by atoms with Crippen LogP contribution in [0.3, 0.4) is 0 Å². The van der Waals surface area contributed by atoms with Crippen molar-refractivity contribution in [2.24, 2.45) is 0 Å². The third-order valence-electron chi connectivity index (χ3n) is 4.01. The molecule has 1 saturated carbocycles. The lowest BCUT2D eigenvalue weighted by atomic mass is 9.83. The maximum atomic E-state index is 6.08. The fraction of sp³-hybridized carbons (Fsp3) is 1.00. The largest absolute Gasteiger partial charge is 0.375 e. The van der Waals surface area contributed by atoms with Gasteiger partial charge in [0, 0.05) is 10.0 Å². The molecule has 0 unspecified atom stereocenters. The summed E-state index contributed by atoms with van der Waals surface area (Å²) in [5.74, 6) is 0. The van der Waals surface area contributed by atoms with Gasteiger partial charge in [-0.2, -0.15) is 0 Å². The van der Waals surface area contributed by atoms with Crippen molar-refractivity contribution < 1.29 is 4.74 Å². The van der Waals surface area contributed by atoms with Crippen LogP contribution in [-0.4, -0.2) is 36.5 Å². The van der Waals surface area contributed by atoms with Crippen LogP contribution >= 0.6 is 22.6 Å². The van der Waals surface area contributed by atoms with Crippen molar-refractivity contribution in [1.29, 1.82) is 0 Å². The zero-order chi connectivity index (χ0) is 11.5. The van der Waals surface area contributed by atoms with Crippen molar-refractivity contribution in [3.8, 4) is 0 Å². The standard InChI is InChI=1S/C12H21BINO/c13-10-15-7-5-11(14)6-8-16-12(9-11)3-1-2-4-12/h15H,1-10H2/t11-/m1/s1. The highest BCUT2D eigenvalue weighted by molar-refractivity contribution is 14.1. The third kappa shape index (κ3) is 3.13. The van der Waals surface area contributed by atoms with Gasteiger partial charge in [-0.3, -0.25) is 0 Å². The van der Waals surface area contributed by atoms with Gasteiger partial charge in [-0.1, -0.05) is 35.4 Å². The van der Waals surface area contributed by atoms with E-state index >= 15 is 0 Å². The van der Waals surface area contributed by atoms with Gasteiger partial charge in [0.25, 0.3) is 0 Å². The molecule has 90 valence electrons. The Morgan fingerprint density at radius 3 is 2.69 bits per heavy atom. The maximum absolute atomic E-state index is 6.08.